The fourth-order valence-electron chi connectivity index (χ4n) is 1.66. The number of phenolic OH excluding ortho intramolecular Hbond substituents is 1. The highest BCUT2D eigenvalue weighted by Crippen LogP contribution is 2.35. The van der Waals surface area contributed by atoms with Crippen LogP contribution in [0.5, 0.6) is 11.5 Å². The molecule has 0 radical (unpaired) electrons. The van der Waals surface area contributed by atoms with Gasteiger partial charge in [-0.05, 0) is 57.9 Å². The average Bonchev–Trinajstić information content (AvgIpc) is 2.41. The normalized spacial score (nSPS) is 10.3. The Morgan fingerprint density at radius 1 is 1.26 bits per heavy atom. The minimum atomic E-state index is -0.264. The van der Waals surface area contributed by atoms with Crippen molar-refractivity contribution >= 4 is 21.6 Å². The van der Waals surface area contributed by atoms with E-state index < -0.39 is 0 Å². The molecule has 100 valence electrons. The van der Waals surface area contributed by atoms with Crippen LogP contribution in [0.3, 0.4) is 0 Å². The molecule has 0 aromatic heterocycles. The molecule has 0 aliphatic rings. The van der Waals surface area contributed by atoms with Crippen molar-refractivity contribution in [2.24, 2.45) is 0 Å². The van der Waals surface area contributed by atoms with Crippen LogP contribution in [-0.2, 0) is 6.54 Å². The molecular weight excluding hydrogens is 313 g/mol. The molecule has 0 amide bonds. The van der Waals surface area contributed by atoms with Crippen LogP contribution in [0, 0.1) is 5.82 Å². The van der Waals surface area contributed by atoms with Crippen LogP contribution in [0.2, 0.25) is 0 Å². The number of hydrogen-bond acceptors (Lipinski definition) is 3. The highest BCUT2D eigenvalue weighted by atomic mass is 79.9. The second kappa shape index (κ2) is 5.93. The number of methoxy groups -OCH3 is 1. The van der Waals surface area contributed by atoms with Gasteiger partial charge in [-0.1, -0.05) is 0 Å². The van der Waals surface area contributed by atoms with E-state index in [2.05, 4.69) is 21.2 Å². The fourth-order valence-corrected chi connectivity index (χ4v) is 2.15. The lowest BCUT2D eigenvalue weighted by Crippen LogP contribution is -2.00. The van der Waals surface area contributed by atoms with Crippen molar-refractivity contribution in [2.75, 3.05) is 12.4 Å². The molecule has 3 nitrogen and oxygen atoms in total. The molecule has 0 unspecified atom stereocenters. The molecule has 0 aliphatic carbocycles. The number of rotatable bonds is 4. The van der Waals surface area contributed by atoms with Gasteiger partial charge in [-0.25, -0.2) is 4.39 Å². The Morgan fingerprint density at radius 2 is 1.95 bits per heavy atom. The van der Waals surface area contributed by atoms with Crippen molar-refractivity contribution < 1.29 is 14.2 Å². The number of hydrogen-bond donors (Lipinski definition) is 2. The zero-order valence-electron chi connectivity index (χ0n) is 10.3. The molecule has 19 heavy (non-hydrogen) atoms. The number of halogens is 2. The quantitative estimate of drug-likeness (QED) is 0.895. The molecule has 0 atom stereocenters. The van der Waals surface area contributed by atoms with E-state index in [1.165, 1.54) is 19.2 Å². The smallest absolute Gasteiger partial charge is 0.172 e. The molecule has 0 fully saturated rings. The van der Waals surface area contributed by atoms with Gasteiger partial charge in [-0.3, -0.25) is 0 Å². The molecule has 0 saturated carbocycles. The van der Waals surface area contributed by atoms with Crippen molar-refractivity contribution in [3.8, 4) is 11.5 Å². The number of ether oxygens (including phenoxy) is 1. The summed E-state index contributed by atoms with van der Waals surface area (Å²) in [6.07, 6.45) is 0. The van der Waals surface area contributed by atoms with Crippen molar-refractivity contribution in [3.05, 3.63) is 52.3 Å². The molecular formula is C14H13BrFNO2. The Kier molecular flexibility index (Phi) is 4.27. The maximum Gasteiger partial charge on any atom is 0.172 e. The van der Waals surface area contributed by atoms with Gasteiger partial charge in [0.2, 0.25) is 0 Å². The molecule has 0 bridgehead atoms. The number of nitrogens with one attached hydrogen (secondary N) is 1. The van der Waals surface area contributed by atoms with E-state index in [0.717, 1.165) is 11.3 Å². The standard InChI is InChI=1S/C14H13BrFNO2/c1-19-13-7-9(6-12(15)14(13)18)8-17-11-4-2-10(16)3-5-11/h2-7,17-18H,8H2,1H3. The zero-order valence-corrected chi connectivity index (χ0v) is 11.9. The first kappa shape index (κ1) is 13.7. The van der Waals surface area contributed by atoms with Crippen molar-refractivity contribution in [1.29, 1.82) is 0 Å². The first-order chi connectivity index (χ1) is 9.10. The first-order valence-corrected chi connectivity index (χ1v) is 6.44. The summed E-state index contributed by atoms with van der Waals surface area (Å²) >= 11 is 3.27. The molecule has 0 aliphatic heterocycles. The lowest BCUT2D eigenvalue weighted by molar-refractivity contribution is 0.371. The topological polar surface area (TPSA) is 41.5 Å². The van der Waals surface area contributed by atoms with Gasteiger partial charge in [0.05, 0.1) is 11.6 Å². The predicted octanol–water partition coefficient (Wildman–Crippen LogP) is 3.91. The zero-order chi connectivity index (χ0) is 13.8. The van der Waals surface area contributed by atoms with Gasteiger partial charge in [0.15, 0.2) is 11.5 Å². The van der Waals surface area contributed by atoms with E-state index in [0.29, 0.717) is 16.8 Å². The SMILES string of the molecule is COc1cc(CNc2ccc(F)cc2)cc(Br)c1O. The molecule has 2 aromatic carbocycles. The van der Waals surface area contributed by atoms with Gasteiger partial charge >= 0.3 is 0 Å². The predicted molar refractivity (Wildman–Crippen MR) is 76.1 cm³/mol. The number of benzene rings is 2. The Balaban J connectivity index is 2.11. The first-order valence-electron chi connectivity index (χ1n) is 5.65. The number of phenols is 1. The number of aromatic hydroxyl groups is 1. The highest BCUT2D eigenvalue weighted by Gasteiger charge is 2.08. The summed E-state index contributed by atoms with van der Waals surface area (Å²) in [5.74, 6) is 0.220. The lowest BCUT2D eigenvalue weighted by atomic mass is 10.2. The molecule has 0 saturated heterocycles. The van der Waals surface area contributed by atoms with E-state index in [9.17, 15) is 9.50 Å². The summed E-state index contributed by atoms with van der Waals surface area (Å²) in [5, 5.41) is 12.9. The van der Waals surface area contributed by atoms with E-state index in [4.69, 9.17) is 4.74 Å². The minimum Gasteiger partial charge on any atom is -0.503 e. The van der Waals surface area contributed by atoms with E-state index in [1.54, 1.807) is 24.3 Å². The monoisotopic (exact) mass is 325 g/mol. The molecule has 0 heterocycles. The summed E-state index contributed by atoms with van der Waals surface area (Å²) in [6, 6.07) is 9.68. The lowest BCUT2D eigenvalue weighted by Gasteiger charge is -2.10. The minimum absolute atomic E-state index is 0.0769. The van der Waals surface area contributed by atoms with Gasteiger partial charge in [-0.15, -0.1) is 0 Å². The van der Waals surface area contributed by atoms with Gasteiger partial charge in [0, 0.05) is 12.2 Å². The third-order valence-electron chi connectivity index (χ3n) is 2.65. The summed E-state index contributed by atoms with van der Waals surface area (Å²) < 4.78 is 18.4. The van der Waals surface area contributed by atoms with Gasteiger partial charge in [-0.2, -0.15) is 0 Å². The van der Waals surface area contributed by atoms with Gasteiger partial charge < -0.3 is 15.2 Å². The largest absolute Gasteiger partial charge is 0.503 e. The van der Waals surface area contributed by atoms with Gasteiger partial charge in [0.1, 0.15) is 5.82 Å². The maximum absolute atomic E-state index is 12.8. The van der Waals surface area contributed by atoms with E-state index >= 15 is 0 Å². The molecule has 2 N–H and O–H groups in total. The van der Waals surface area contributed by atoms with Crippen LogP contribution in [0.1, 0.15) is 5.56 Å². The van der Waals surface area contributed by atoms with Gasteiger partial charge in [0.25, 0.3) is 0 Å². The van der Waals surface area contributed by atoms with Crippen LogP contribution < -0.4 is 10.1 Å². The fraction of sp³-hybridized carbons (Fsp3) is 0.143. The van der Waals surface area contributed by atoms with Crippen LogP contribution in [0.15, 0.2) is 40.9 Å². The Hall–Kier alpha value is -1.75. The van der Waals surface area contributed by atoms with Crippen LogP contribution >= 0.6 is 15.9 Å². The Bertz CT molecular complexity index is 572. The summed E-state index contributed by atoms with van der Waals surface area (Å²) in [4.78, 5) is 0. The second-order valence-corrected chi connectivity index (χ2v) is 4.84. The summed E-state index contributed by atoms with van der Waals surface area (Å²) in [6.45, 7) is 0.543. The van der Waals surface area contributed by atoms with Crippen molar-refractivity contribution in [1.82, 2.24) is 0 Å². The van der Waals surface area contributed by atoms with Crippen LogP contribution in [0.4, 0.5) is 10.1 Å². The summed E-state index contributed by atoms with van der Waals surface area (Å²) in [5.41, 5.74) is 1.76. The third kappa shape index (κ3) is 3.38. The third-order valence-corrected chi connectivity index (χ3v) is 3.25. The second-order valence-electron chi connectivity index (χ2n) is 3.99. The van der Waals surface area contributed by atoms with E-state index in [-0.39, 0.29) is 11.6 Å². The molecule has 2 aromatic rings. The highest BCUT2D eigenvalue weighted by molar-refractivity contribution is 9.10. The molecule has 0 spiro atoms. The maximum atomic E-state index is 12.8. The average molecular weight is 326 g/mol. The molecule has 5 heteroatoms. The van der Waals surface area contributed by atoms with E-state index in [1.807, 2.05) is 0 Å². The number of anilines is 1. The van der Waals surface area contributed by atoms with Crippen LogP contribution in [-0.4, -0.2) is 12.2 Å². The van der Waals surface area contributed by atoms with Crippen LogP contribution in [0.25, 0.3) is 0 Å². The van der Waals surface area contributed by atoms with Crippen molar-refractivity contribution in [3.63, 3.8) is 0 Å². The Morgan fingerprint density at radius 3 is 2.58 bits per heavy atom. The van der Waals surface area contributed by atoms with Crippen molar-refractivity contribution in [2.45, 2.75) is 6.54 Å². The summed E-state index contributed by atoms with van der Waals surface area (Å²) in [7, 11) is 1.50. The molecule has 2 rings (SSSR count). The Labute approximate surface area is 119 Å².